The van der Waals surface area contributed by atoms with E-state index in [1.165, 1.54) is 11.0 Å². The summed E-state index contributed by atoms with van der Waals surface area (Å²) < 4.78 is 19.5. The molecule has 11 heteroatoms. The number of carbonyl (C=O) groups excluding carboxylic acids is 4. The average molecular weight is 644 g/mol. The maximum Gasteiger partial charge on any atom is 0.339 e. The van der Waals surface area contributed by atoms with Crippen molar-refractivity contribution >= 4 is 29.8 Å². The summed E-state index contributed by atoms with van der Waals surface area (Å²) in [6, 6.07) is 13.8. The number of esters is 1. The SMILES string of the molecule is CN(C)C(=O)C=Cc1ccccc1C(=O)O[C@@H]1CC(C(=O)NCc2cccc(C(=O)NCCO)c2)=C[C@H]2OC(C3CC3)(C3CC3)O[C@H]21. The Labute approximate surface area is 273 Å². The van der Waals surface area contributed by atoms with Crippen molar-refractivity contribution in [1.29, 1.82) is 0 Å². The van der Waals surface area contributed by atoms with Crippen LogP contribution in [0.5, 0.6) is 0 Å². The standard InChI is InChI=1S/C36H41N3O8/c1-39(2)31(41)15-10-23-7-3-4-9-28(23)35(44)45-29-19-25(20-30-32(29)47-36(46-30,26-11-12-26)27-13-14-27)34(43)38-21-22-6-5-8-24(18-22)33(42)37-16-17-40/h3-10,15,18,20,26-27,29-30,32,40H,11-14,16-17,19,21H2,1-2H3,(H,37,42)(H,38,43)/t29-,30-,32+/m1/s1. The molecular weight excluding hydrogens is 602 g/mol. The molecule has 0 radical (unpaired) electrons. The van der Waals surface area contributed by atoms with Crippen LogP contribution >= 0.6 is 0 Å². The fraction of sp³-hybridized carbons (Fsp3) is 0.444. The highest BCUT2D eigenvalue weighted by Crippen LogP contribution is 2.59. The molecule has 1 heterocycles. The molecule has 3 N–H and O–H groups in total. The predicted molar refractivity (Wildman–Crippen MR) is 172 cm³/mol. The molecule has 3 amide bonds. The molecule has 3 atom stereocenters. The first-order chi connectivity index (χ1) is 22.7. The smallest absolute Gasteiger partial charge is 0.339 e. The van der Waals surface area contributed by atoms with Gasteiger partial charge in [0.05, 0.1) is 12.2 Å². The lowest BCUT2D eigenvalue weighted by Crippen LogP contribution is -2.44. The average Bonchev–Trinajstić information content (AvgIpc) is 4.02. The third kappa shape index (κ3) is 7.32. The lowest BCUT2D eigenvalue weighted by Gasteiger charge is -2.31. The minimum Gasteiger partial charge on any atom is -0.456 e. The molecule has 3 aliphatic carbocycles. The molecule has 0 aromatic heterocycles. The third-order valence-corrected chi connectivity index (χ3v) is 9.03. The molecule has 2 aromatic carbocycles. The van der Waals surface area contributed by atoms with E-state index in [9.17, 15) is 19.2 Å². The maximum absolute atomic E-state index is 13.7. The number of hydrogen-bond acceptors (Lipinski definition) is 8. The van der Waals surface area contributed by atoms with E-state index in [1.807, 2.05) is 6.07 Å². The molecule has 1 aliphatic heterocycles. The Kier molecular flexibility index (Phi) is 9.58. The molecule has 6 rings (SSSR count). The first kappa shape index (κ1) is 32.6. The number of benzene rings is 2. The summed E-state index contributed by atoms with van der Waals surface area (Å²) in [7, 11) is 3.30. The van der Waals surface area contributed by atoms with Crippen molar-refractivity contribution in [2.45, 2.75) is 62.7 Å². The fourth-order valence-electron chi connectivity index (χ4n) is 6.30. The van der Waals surface area contributed by atoms with Gasteiger partial charge in [0.1, 0.15) is 18.3 Å². The number of nitrogens with zero attached hydrogens (tertiary/aromatic N) is 1. The van der Waals surface area contributed by atoms with Crippen molar-refractivity contribution in [2.24, 2.45) is 11.8 Å². The van der Waals surface area contributed by atoms with E-state index in [2.05, 4.69) is 10.6 Å². The molecule has 11 nitrogen and oxygen atoms in total. The summed E-state index contributed by atoms with van der Waals surface area (Å²) in [5.74, 6) is -1.60. The van der Waals surface area contributed by atoms with Crippen molar-refractivity contribution in [3.63, 3.8) is 0 Å². The Hall–Kier alpha value is -4.32. The van der Waals surface area contributed by atoms with E-state index < -0.39 is 30.1 Å². The van der Waals surface area contributed by atoms with Crippen LogP contribution in [0.25, 0.3) is 6.08 Å². The van der Waals surface area contributed by atoms with E-state index in [1.54, 1.807) is 68.7 Å². The van der Waals surface area contributed by atoms with Gasteiger partial charge in [0.2, 0.25) is 11.8 Å². The Morgan fingerprint density at radius 3 is 2.43 bits per heavy atom. The molecule has 47 heavy (non-hydrogen) atoms. The second-order valence-electron chi connectivity index (χ2n) is 12.8. The van der Waals surface area contributed by atoms with Crippen molar-refractivity contribution in [1.82, 2.24) is 15.5 Å². The topological polar surface area (TPSA) is 144 Å². The number of aliphatic hydroxyl groups excluding tert-OH is 1. The monoisotopic (exact) mass is 643 g/mol. The Bertz CT molecular complexity index is 1580. The quantitative estimate of drug-likeness (QED) is 0.237. The normalized spacial score (nSPS) is 23.0. The summed E-state index contributed by atoms with van der Waals surface area (Å²) in [6.07, 6.45) is 7.08. The number of hydrogen-bond donors (Lipinski definition) is 3. The molecule has 0 spiro atoms. The molecular formula is C36H41N3O8. The van der Waals surface area contributed by atoms with E-state index in [0.29, 0.717) is 22.3 Å². The highest BCUT2D eigenvalue weighted by Gasteiger charge is 2.64. The van der Waals surface area contributed by atoms with Gasteiger partial charge in [-0.1, -0.05) is 30.3 Å². The third-order valence-electron chi connectivity index (χ3n) is 9.03. The molecule has 0 bridgehead atoms. The first-order valence-electron chi connectivity index (χ1n) is 16.2. The van der Waals surface area contributed by atoms with Crippen LogP contribution < -0.4 is 10.6 Å². The van der Waals surface area contributed by atoms with Crippen molar-refractivity contribution in [2.75, 3.05) is 27.2 Å². The summed E-state index contributed by atoms with van der Waals surface area (Å²) in [6.45, 7) is 0.161. The first-order valence-corrected chi connectivity index (χ1v) is 16.2. The van der Waals surface area contributed by atoms with Gasteiger partial charge in [0.15, 0.2) is 5.79 Å². The van der Waals surface area contributed by atoms with Crippen LogP contribution in [-0.2, 0) is 30.3 Å². The van der Waals surface area contributed by atoms with E-state index in [-0.39, 0.29) is 55.7 Å². The molecule has 4 aliphatic rings. The zero-order valence-corrected chi connectivity index (χ0v) is 26.6. The van der Waals surface area contributed by atoms with Crippen molar-refractivity contribution in [3.8, 4) is 0 Å². The molecule has 1 saturated heterocycles. The fourth-order valence-corrected chi connectivity index (χ4v) is 6.30. The highest BCUT2D eigenvalue weighted by molar-refractivity contribution is 5.98. The number of likely N-dealkylation sites (N-methyl/N-ethyl adjacent to an activating group) is 1. The van der Waals surface area contributed by atoms with Crippen LogP contribution in [0, 0.1) is 11.8 Å². The highest BCUT2D eigenvalue weighted by atomic mass is 16.8. The van der Waals surface area contributed by atoms with Crippen LogP contribution in [0.2, 0.25) is 0 Å². The number of aliphatic hydroxyl groups is 1. The zero-order valence-electron chi connectivity index (χ0n) is 26.6. The minimum absolute atomic E-state index is 0.133. The van der Waals surface area contributed by atoms with Gasteiger partial charge in [0, 0.05) is 62.7 Å². The van der Waals surface area contributed by atoms with Crippen LogP contribution in [0.15, 0.2) is 66.3 Å². The number of rotatable bonds is 12. The number of nitrogens with one attached hydrogen (secondary N) is 2. The molecule has 2 saturated carbocycles. The summed E-state index contributed by atoms with van der Waals surface area (Å²) in [5, 5.41) is 14.6. The van der Waals surface area contributed by atoms with Gasteiger partial charge in [-0.05, 0) is 67.2 Å². The van der Waals surface area contributed by atoms with Gasteiger partial charge >= 0.3 is 5.97 Å². The minimum atomic E-state index is -0.781. The van der Waals surface area contributed by atoms with Gasteiger partial charge in [0.25, 0.3) is 5.91 Å². The van der Waals surface area contributed by atoms with Crippen LogP contribution in [-0.4, -0.2) is 85.0 Å². The lowest BCUT2D eigenvalue weighted by atomic mass is 9.91. The van der Waals surface area contributed by atoms with Crippen LogP contribution in [0.1, 0.15) is 63.9 Å². The van der Waals surface area contributed by atoms with Crippen molar-refractivity contribution in [3.05, 3.63) is 88.5 Å². The van der Waals surface area contributed by atoms with Gasteiger partial charge < -0.3 is 34.9 Å². The number of carbonyl (C=O) groups is 4. The van der Waals surface area contributed by atoms with Crippen LogP contribution in [0.4, 0.5) is 0 Å². The lowest BCUT2D eigenvalue weighted by molar-refractivity contribution is -0.209. The van der Waals surface area contributed by atoms with E-state index in [4.69, 9.17) is 19.3 Å². The number of fused-ring (bicyclic) bond motifs is 1. The Morgan fingerprint density at radius 1 is 0.979 bits per heavy atom. The molecule has 248 valence electrons. The summed E-state index contributed by atoms with van der Waals surface area (Å²) >= 11 is 0. The van der Waals surface area contributed by atoms with Gasteiger partial charge in [-0.15, -0.1) is 0 Å². The largest absolute Gasteiger partial charge is 0.456 e. The van der Waals surface area contributed by atoms with Crippen molar-refractivity contribution < 1.29 is 38.5 Å². The number of amides is 3. The van der Waals surface area contributed by atoms with E-state index >= 15 is 0 Å². The summed E-state index contributed by atoms with van der Waals surface area (Å²) in [4.78, 5) is 53.2. The second kappa shape index (κ2) is 13.8. The Balaban J connectivity index is 1.20. The second-order valence-corrected chi connectivity index (χ2v) is 12.8. The maximum atomic E-state index is 13.7. The van der Waals surface area contributed by atoms with E-state index in [0.717, 1.165) is 31.2 Å². The van der Waals surface area contributed by atoms with Gasteiger partial charge in [-0.2, -0.15) is 0 Å². The molecule has 0 unspecified atom stereocenters. The predicted octanol–water partition coefficient (Wildman–Crippen LogP) is 2.98. The van der Waals surface area contributed by atoms with Gasteiger partial charge in [-0.25, -0.2) is 4.79 Å². The van der Waals surface area contributed by atoms with Gasteiger partial charge in [-0.3, -0.25) is 14.4 Å². The van der Waals surface area contributed by atoms with Crippen LogP contribution in [0.3, 0.4) is 0 Å². The Morgan fingerprint density at radius 2 is 1.72 bits per heavy atom. The summed E-state index contributed by atoms with van der Waals surface area (Å²) in [5.41, 5.74) is 2.41. The zero-order chi connectivity index (χ0) is 33.1. The number of ether oxygens (including phenoxy) is 3. The molecule has 3 fully saturated rings. The molecule has 2 aromatic rings.